The fraction of sp³-hybridized carbons (Fsp3) is 0.435. The van der Waals surface area contributed by atoms with Crippen LogP contribution in [0.4, 0.5) is 22.0 Å². The third-order valence-electron chi connectivity index (χ3n) is 6.27. The number of piperazine rings is 1. The first-order valence-electron chi connectivity index (χ1n) is 10.9. The predicted octanol–water partition coefficient (Wildman–Crippen LogP) is 4.36. The number of halogens is 1. The van der Waals surface area contributed by atoms with E-state index in [4.69, 9.17) is 9.97 Å². The number of aromatic nitrogens is 3. The van der Waals surface area contributed by atoms with Crippen LogP contribution in [0.15, 0.2) is 35.8 Å². The van der Waals surface area contributed by atoms with E-state index in [9.17, 15) is 4.39 Å². The molecule has 2 saturated heterocycles. The van der Waals surface area contributed by atoms with Crippen LogP contribution < -0.4 is 14.7 Å². The summed E-state index contributed by atoms with van der Waals surface area (Å²) in [5.41, 5.74) is 3.67. The van der Waals surface area contributed by atoms with Crippen LogP contribution in [0.2, 0.25) is 0 Å². The first-order valence-corrected chi connectivity index (χ1v) is 11.8. The zero-order chi connectivity index (χ0) is 21.4. The fourth-order valence-electron chi connectivity index (χ4n) is 4.46. The molecule has 0 aliphatic carbocycles. The van der Waals surface area contributed by atoms with Gasteiger partial charge in [-0.3, -0.25) is 0 Å². The monoisotopic (exact) mass is 438 g/mol. The van der Waals surface area contributed by atoms with Crippen molar-refractivity contribution in [3.8, 4) is 11.3 Å². The van der Waals surface area contributed by atoms with Gasteiger partial charge in [0.1, 0.15) is 17.5 Å². The molecule has 2 aliphatic rings. The highest BCUT2D eigenvalue weighted by atomic mass is 32.1. The number of hydrogen-bond acceptors (Lipinski definition) is 7. The van der Waals surface area contributed by atoms with Crippen LogP contribution in [0.3, 0.4) is 0 Å². The van der Waals surface area contributed by atoms with Gasteiger partial charge >= 0.3 is 0 Å². The normalized spacial score (nSPS) is 19.3. The van der Waals surface area contributed by atoms with E-state index in [2.05, 4.69) is 33.5 Å². The quantitative estimate of drug-likeness (QED) is 0.603. The molecule has 1 atom stereocenters. The molecule has 0 N–H and O–H groups in total. The van der Waals surface area contributed by atoms with Crippen molar-refractivity contribution in [1.82, 2.24) is 15.0 Å². The first-order chi connectivity index (χ1) is 15.1. The van der Waals surface area contributed by atoms with Crippen molar-refractivity contribution in [1.29, 1.82) is 0 Å². The Kier molecular flexibility index (Phi) is 5.48. The molecule has 1 unspecified atom stereocenters. The maximum atomic E-state index is 13.5. The molecule has 2 aromatic heterocycles. The molecule has 2 fully saturated rings. The van der Waals surface area contributed by atoms with E-state index >= 15 is 0 Å². The summed E-state index contributed by atoms with van der Waals surface area (Å²) in [4.78, 5) is 22.6. The molecule has 0 saturated carbocycles. The van der Waals surface area contributed by atoms with Crippen LogP contribution in [-0.4, -0.2) is 53.7 Å². The van der Waals surface area contributed by atoms with E-state index in [1.165, 1.54) is 17.0 Å². The van der Waals surface area contributed by atoms with Gasteiger partial charge in [0.2, 0.25) is 5.95 Å². The molecule has 0 amide bonds. The molecule has 162 valence electrons. The second-order valence-corrected chi connectivity index (χ2v) is 9.37. The van der Waals surface area contributed by atoms with Crippen molar-refractivity contribution >= 4 is 28.9 Å². The molecule has 3 aromatic rings. The Morgan fingerprint density at radius 2 is 1.74 bits per heavy atom. The van der Waals surface area contributed by atoms with Crippen molar-refractivity contribution in [2.75, 3.05) is 47.4 Å². The van der Waals surface area contributed by atoms with Crippen molar-refractivity contribution in [2.45, 2.75) is 32.7 Å². The number of thiazole rings is 1. The van der Waals surface area contributed by atoms with Gasteiger partial charge in [0.05, 0.1) is 11.2 Å². The Bertz CT molecular complexity index is 1040. The van der Waals surface area contributed by atoms with Crippen molar-refractivity contribution in [2.24, 2.45) is 0 Å². The maximum absolute atomic E-state index is 13.5. The van der Waals surface area contributed by atoms with Gasteiger partial charge in [-0.05, 0) is 51.0 Å². The smallest absolute Gasteiger partial charge is 0.228 e. The lowest BCUT2D eigenvalue weighted by molar-refractivity contribution is 0.628. The number of hydrogen-bond donors (Lipinski definition) is 0. The Hall–Kier alpha value is -2.74. The van der Waals surface area contributed by atoms with E-state index in [1.807, 2.05) is 11.6 Å². The van der Waals surface area contributed by atoms with Gasteiger partial charge < -0.3 is 14.7 Å². The topological polar surface area (TPSA) is 48.4 Å². The molecular weight excluding hydrogens is 411 g/mol. The maximum Gasteiger partial charge on any atom is 0.228 e. The Balaban J connectivity index is 1.44. The summed E-state index contributed by atoms with van der Waals surface area (Å²) in [6, 6.07) is 9.04. The van der Waals surface area contributed by atoms with Crippen LogP contribution in [0.5, 0.6) is 0 Å². The molecule has 5 rings (SSSR count). The number of nitrogens with zero attached hydrogens (tertiary/aromatic N) is 6. The average molecular weight is 439 g/mol. The zero-order valence-corrected chi connectivity index (χ0v) is 18.8. The van der Waals surface area contributed by atoms with Gasteiger partial charge in [0, 0.05) is 55.3 Å². The molecule has 6 nitrogen and oxygen atoms in total. The third-order valence-corrected chi connectivity index (χ3v) is 7.02. The summed E-state index contributed by atoms with van der Waals surface area (Å²) in [5.74, 6) is 2.59. The number of aryl methyl sites for hydroxylation is 1. The molecule has 1 aromatic carbocycles. The standard InChI is InChI=1S/C23H27FN6S/c1-16-4-3-9-30(16)23-26-20(18-5-7-19(24)8-6-18)14-21(27-23)28-10-12-29(13-11-28)22-17(2)31-15-25-22/h5-8,14-16H,3-4,9-13H2,1-2H3. The van der Waals surface area contributed by atoms with Gasteiger partial charge in [-0.15, -0.1) is 11.3 Å². The first kappa shape index (κ1) is 20.2. The lowest BCUT2D eigenvalue weighted by atomic mass is 10.1. The molecular formula is C23H27FN6S. The second kappa shape index (κ2) is 8.42. The van der Waals surface area contributed by atoms with Crippen LogP contribution in [0.1, 0.15) is 24.6 Å². The molecule has 0 radical (unpaired) electrons. The summed E-state index contributed by atoms with van der Waals surface area (Å²) >= 11 is 1.69. The van der Waals surface area contributed by atoms with E-state index in [1.54, 1.807) is 23.5 Å². The summed E-state index contributed by atoms with van der Waals surface area (Å²) in [6.07, 6.45) is 2.32. The average Bonchev–Trinajstić information content (AvgIpc) is 3.42. The Labute approximate surface area is 186 Å². The Morgan fingerprint density at radius 3 is 2.39 bits per heavy atom. The van der Waals surface area contributed by atoms with Crippen LogP contribution >= 0.6 is 11.3 Å². The SMILES string of the molecule is Cc1scnc1N1CCN(c2cc(-c3ccc(F)cc3)nc(N3CCCC3C)n2)CC1. The van der Waals surface area contributed by atoms with Gasteiger partial charge in [-0.2, -0.15) is 4.98 Å². The minimum absolute atomic E-state index is 0.236. The molecule has 4 heterocycles. The molecule has 2 aliphatic heterocycles. The zero-order valence-electron chi connectivity index (χ0n) is 18.0. The lowest BCUT2D eigenvalue weighted by Crippen LogP contribution is -2.47. The predicted molar refractivity (Wildman–Crippen MR) is 125 cm³/mol. The number of rotatable bonds is 4. The van der Waals surface area contributed by atoms with E-state index < -0.39 is 0 Å². The fourth-order valence-corrected chi connectivity index (χ4v) is 5.06. The molecule has 0 spiro atoms. The Morgan fingerprint density at radius 1 is 1.00 bits per heavy atom. The van der Waals surface area contributed by atoms with Crippen LogP contribution in [0, 0.1) is 12.7 Å². The minimum Gasteiger partial charge on any atom is -0.353 e. The summed E-state index contributed by atoms with van der Waals surface area (Å²) in [7, 11) is 0. The second-order valence-electron chi connectivity index (χ2n) is 8.31. The lowest BCUT2D eigenvalue weighted by Gasteiger charge is -2.36. The van der Waals surface area contributed by atoms with Gasteiger partial charge in [-0.1, -0.05) is 0 Å². The van der Waals surface area contributed by atoms with E-state index in [-0.39, 0.29) is 5.82 Å². The minimum atomic E-state index is -0.236. The van der Waals surface area contributed by atoms with Crippen molar-refractivity contribution < 1.29 is 4.39 Å². The van der Waals surface area contributed by atoms with Crippen LogP contribution in [-0.2, 0) is 0 Å². The largest absolute Gasteiger partial charge is 0.353 e. The highest BCUT2D eigenvalue weighted by molar-refractivity contribution is 7.10. The summed E-state index contributed by atoms with van der Waals surface area (Å²) in [6.45, 7) is 8.92. The van der Waals surface area contributed by atoms with Gasteiger partial charge in [-0.25, -0.2) is 14.4 Å². The summed E-state index contributed by atoms with van der Waals surface area (Å²) < 4.78 is 13.5. The molecule has 31 heavy (non-hydrogen) atoms. The highest BCUT2D eigenvalue weighted by Crippen LogP contribution is 2.30. The molecule has 0 bridgehead atoms. The third kappa shape index (κ3) is 4.08. The number of benzene rings is 1. The molecule has 8 heteroatoms. The number of anilines is 3. The van der Waals surface area contributed by atoms with Crippen molar-refractivity contribution in [3.05, 3.63) is 46.5 Å². The van der Waals surface area contributed by atoms with Crippen LogP contribution in [0.25, 0.3) is 11.3 Å². The van der Waals surface area contributed by atoms with Crippen molar-refractivity contribution in [3.63, 3.8) is 0 Å². The van der Waals surface area contributed by atoms with Gasteiger partial charge in [0.25, 0.3) is 0 Å². The van der Waals surface area contributed by atoms with Gasteiger partial charge in [0.15, 0.2) is 0 Å². The van der Waals surface area contributed by atoms with E-state index in [0.717, 1.165) is 74.4 Å². The van der Waals surface area contributed by atoms with E-state index in [0.29, 0.717) is 6.04 Å². The highest BCUT2D eigenvalue weighted by Gasteiger charge is 2.26. The summed E-state index contributed by atoms with van der Waals surface area (Å²) in [5, 5.41) is 0.